The molecule has 21 heavy (non-hydrogen) atoms. The van der Waals surface area contributed by atoms with E-state index in [1.54, 1.807) is 0 Å². The van der Waals surface area contributed by atoms with Crippen molar-refractivity contribution >= 4 is 11.7 Å². The molecule has 2 amide bonds. The van der Waals surface area contributed by atoms with Crippen LogP contribution in [0.25, 0.3) is 0 Å². The highest BCUT2D eigenvalue weighted by Gasteiger charge is 2.32. The van der Waals surface area contributed by atoms with E-state index in [0.717, 1.165) is 38.4 Å². The molecule has 116 valence electrons. The first-order chi connectivity index (χ1) is 10.2. The molecule has 0 saturated carbocycles. The summed E-state index contributed by atoms with van der Waals surface area (Å²) in [6.07, 6.45) is 0.733. The lowest BCUT2D eigenvalue weighted by Gasteiger charge is -2.43. The Bertz CT molecular complexity index is 516. The summed E-state index contributed by atoms with van der Waals surface area (Å²) in [7, 11) is 0. The first kappa shape index (κ1) is 14.3. The molecule has 2 saturated heterocycles. The number of aromatic nitrogens is 1. The molecule has 0 spiro atoms. The number of nitrogens with zero attached hydrogens (tertiary/aromatic N) is 3. The van der Waals surface area contributed by atoms with Gasteiger partial charge in [-0.15, -0.1) is 0 Å². The molecule has 3 heterocycles. The number of urea groups is 1. The Morgan fingerprint density at radius 2 is 2.29 bits per heavy atom. The molecule has 1 aromatic heterocycles. The van der Waals surface area contributed by atoms with Gasteiger partial charge in [0.2, 0.25) is 0 Å². The molecule has 2 fully saturated rings. The normalized spacial score (nSPS) is 23.0. The highest BCUT2D eigenvalue weighted by atomic mass is 16.5. The Balaban J connectivity index is 1.64. The van der Waals surface area contributed by atoms with Gasteiger partial charge in [0.05, 0.1) is 19.3 Å². The SMILES string of the molecule is CCc1noc(C)c1NC(=O)N1CCN2CCOC[C@H]2C1. The van der Waals surface area contributed by atoms with Crippen molar-refractivity contribution in [3.63, 3.8) is 0 Å². The van der Waals surface area contributed by atoms with E-state index in [-0.39, 0.29) is 6.03 Å². The topological polar surface area (TPSA) is 70.8 Å². The lowest BCUT2D eigenvalue weighted by molar-refractivity contribution is -0.0355. The number of carbonyl (C=O) groups is 1. The molecule has 0 unspecified atom stereocenters. The van der Waals surface area contributed by atoms with Crippen molar-refractivity contribution in [3.8, 4) is 0 Å². The van der Waals surface area contributed by atoms with E-state index in [0.29, 0.717) is 30.6 Å². The van der Waals surface area contributed by atoms with Crippen LogP contribution < -0.4 is 5.32 Å². The molecule has 0 aliphatic carbocycles. The molecule has 1 aromatic rings. The largest absolute Gasteiger partial charge is 0.378 e. The van der Waals surface area contributed by atoms with Crippen LogP contribution in [0.2, 0.25) is 0 Å². The van der Waals surface area contributed by atoms with Gasteiger partial charge in [0, 0.05) is 26.2 Å². The van der Waals surface area contributed by atoms with E-state index in [1.807, 2.05) is 18.7 Å². The van der Waals surface area contributed by atoms with Crippen LogP contribution in [-0.4, -0.2) is 66.4 Å². The van der Waals surface area contributed by atoms with E-state index in [1.165, 1.54) is 0 Å². The van der Waals surface area contributed by atoms with Gasteiger partial charge in [0.15, 0.2) is 5.76 Å². The fraction of sp³-hybridized carbons (Fsp3) is 0.714. The van der Waals surface area contributed by atoms with E-state index in [2.05, 4.69) is 15.4 Å². The van der Waals surface area contributed by atoms with Gasteiger partial charge in [-0.25, -0.2) is 4.79 Å². The van der Waals surface area contributed by atoms with Crippen LogP contribution in [-0.2, 0) is 11.2 Å². The first-order valence-electron chi connectivity index (χ1n) is 7.52. The van der Waals surface area contributed by atoms with E-state index >= 15 is 0 Å². The Labute approximate surface area is 124 Å². The molecule has 0 aromatic carbocycles. The lowest BCUT2D eigenvalue weighted by Crippen LogP contribution is -2.59. The maximum atomic E-state index is 12.4. The van der Waals surface area contributed by atoms with Crippen molar-refractivity contribution in [2.24, 2.45) is 0 Å². The molecular weight excluding hydrogens is 272 g/mol. The number of ether oxygens (including phenoxy) is 1. The summed E-state index contributed by atoms with van der Waals surface area (Å²) in [6, 6.07) is 0.230. The van der Waals surface area contributed by atoms with Gasteiger partial charge in [0.1, 0.15) is 11.4 Å². The number of anilines is 1. The molecular formula is C14H22N4O3. The Morgan fingerprint density at radius 3 is 3.10 bits per heavy atom. The van der Waals surface area contributed by atoms with Crippen LogP contribution in [0.1, 0.15) is 18.4 Å². The maximum Gasteiger partial charge on any atom is 0.322 e. The number of fused-ring (bicyclic) bond motifs is 1. The third-order valence-electron chi connectivity index (χ3n) is 4.23. The molecule has 7 nitrogen and oxygen atoms in total. The minimum Gasteiger partial charge on any atom is -0.378 e. The summed E-state index contributed by atoms with van der Waals surface area (Å²) in [5, 5.41) is 6.91. The summed E-state index contributed by atoms with van der Waals surface area (Å²) < 4.78 is 10.7. The van der Waals surface area contributed by atoms with Gasteiger partial charge < -0.3 is 19.5 Å². The molecule has 0 radical (unpaired) electrons. The predicted molar refractivity (Wildman–Crippen MR) is 77.4 cm³/mol. The zero-order chi connectivity index (χ0) is 14.8. The van der Waals surface area contributed by atoms with Gasteiger partial charge in [-0.2, -0.15) is 0 Å². The lowest BCUT2D eigenvalue weighted by atomic mass is 10.1. The van der Waals surface area contributed by atoms with Gasteiger partial charge in [-0.05, 0) is 13.3 Å². The number of rotatable bonds is 2. The van der Waals surface area contributed by atoms with E-state index in [9.17, 15) is 4.79 Å². The Morgan fingerprint density at radius 1 is 1.43 bits per heavy atom. The maximum absolute atomic E-state index is 12.4. The minimum atomic E-state index is -0.0822. The highest BCUT2D eigenvalue weighted by molar-refractivity contribution is 5.90. The molecule has 1 N–H and O–H groups in total. The van der Waals surface area contributed by atoms with Crippen LogP contribution in [0.3, 0.4) is 0 Å². The van der Waals surface area contributed by atoms with Crippen molar-refractivity contribution < 1.29 is 14.1 Å². The number of amides is 2. The summed E-state index contributed by atoms with van der Waals surface area (Å²) in [4.78, 5) is 16.7. The predicted octanol–water partition coefficient (Wildman–Crippen LogP) is 1.09. The second-order valence-corrected chi connectivity index (χ2v) is 5.55. The second-order valence-electron chi connectivity index (χ2n) is 5.55. The fourth-order valence-corrected chi connectivity index (χ4v) is 2.94. The smallest absolute Gasteiger partial charge is 0.322 e. The first-order valence-corrected chi connectivity index (χ1v) is 7.52. The van der Waals surface area contributed by atoms with Crippen LogP contribution in [0.4, 0.5) is 10.5 Å². The third-order valence-corrected chi connectivity index (χ3v) is 4.23. The van der Waals surface area contributed by atoms with Gasteiger partial charge in [-0.1, -0.05) is 12.1 Å². The quantitative estimate of drug-likeness (QED) is 0.884. The minimum absolute atomic E-state index is 0.0822. The third kappa shape index (κ3) is 2.89. The van der Waals surface area contributed by atoms with Crippen molar-refractivity contribution in [1.82, 2.24) is 15.0 Å². The van der Waals surface area contributed by atoms with Crippen molar-refractivity contribution in [3.05, 3.63) is 11.5 Å². The second kappa shape index (κ2) is 6.03. The molecule has 3 rings (SSSR count). The van der Waals surface area contributed by atoms with E-state index in [4.69, 9.17) is 9.26 Å². The van der Waals surface area contributed by atoms with Gasteiger partial charge in [0.25, 0.3) is 0 Å². The monoisotopic (exact) mass is 294 g/mol. The zero-order valence-corrected chi connectivity index (χ0v) is 12.6. The molecule has 2 aliphatic rings. The van der Waals surface area contributed by atoms with Crippen LogP contribution in [0.15, 0.2) is 4.52 Å². The standard InChI is InChI=1S/C14H22N4O3/c1-3-12-13(10(2)21-16-12)15-14(19)18-5-4-17-6-7-20-9-11(17)8-18/h11H,3-9H2,1-2H3,(H,15,19)/t11-/m1/s1. The summed E-state index contributed by atoms with van der Waals surface area (Å²) in [5.74, 6) is 0.653. The number of morpholine rings is 1. The Hall–Kier alpha value is -1.60. The van der Waals surface area contributed by atoms with Crippen molar-refractivity contribution in [2.45, 2.75) is 26.3 Å². The number of hydrogen-bond donors (Lipinski definition) is 1. The van der Waals surface area contributed by atoms with Gasteiger partial charge in [-0.3, -0.25) is 4.90 Å². The van der Waals surface area contributed by atoms with Crippen LogP contribution >= 0.6 is 0 Å². The van der Waals surface area contributed by atoms with E-state index < -0.39 is 0 Å². The van der Waals surface area contributed by atoms with Gasteiger partial charge >= 0.3 is 6.03 Å². The molecule has 1 atom stereocenters. The summed E-state index contributed by atoms with van der Waals surface area (Å²) >= 11 is 0. The van der Waals surface area contributed by atoms with Crippen LogP contribution in [0, 0.1) is 6.92 Å². The zero-order valence-electron chi connectivity index (χ0n) is 12.6. The van der Waals surface area contributed by atoms with Crippen molar-refractivity contribution in [1.29, 1.82) is 0 Å². The average Bonchev–Trinajstić information content (AvgIpc) is 2.87. The average molecular weight is 294 g/mol. The molecule has 0 bridgehead atoms. The summed E-state index contributed by atoms with van der Waals surface area (Å²) in [6.45, 7) is 8.62. The highest BCUT2D eigenvalue weighted by Crippen LogP contribution is 2.21. The summed E-state index contributed by atoms with van der Waals surface area (Å²) in [5.41, 5.74) is 1.50. The number of piperazine rings is 1. The molecule has 2 aliphatic heterocycles. The Kier molecular flexibility index (Phi) is 4.12. The number of aryl methyl sites for hydroxylation is 2. The number of nitrogens with one attached hydrogen (secondary N) is 1. The molecule has 7 heteroatoms. The number of carbonyl (C=O) groups excluding carboxylic acids is 1. The van der Waals surface area contributed by atoms with Crippen molar-refractivity contribution in [2.75, 3.05) is 44.7 Å². The number of hydrogen-bond acceptors (Lipinski definition) is 5. The van der Waals surface area contributed by atoms with Crippen LogP contribution in [0.5, 0.6) is 0 Å². The fourth-order valence-electron chi connectivity index (χ4n) is 2.94.